The van der Waals surface area contributed by atoms with Crippen molar-refractivity contribution >= 4 is 57.8 Å². The van der Waals surface area contributed by atoms with Gasteiger partial charge in [-0.2, -0.15) is 0 Å². The number of carbonyl (C=O) groups is 2. The molecule has 2 aromatic carbocycles. The van der Waals surface area contributed by atoms with E-state index in [0.29, 0.717) is 52.3 Å². The Morgan fingerprint density at radius 1 is 0.673 bits per heavy atom. The predicted octanol–water partition coefficient (Wildman–Crippen LogP) is 4.89. The molecule has 2 fully saturated rings. The van der Waals surface area contributed by atoms with Crippen molar-refractivity contribution in [1.82, 2.24) is 21.3 Å². The summed E-state index contributed by atoms with van der Waals surface area (Å²) < 4.78 is 39.1. The quantitative estimate of drug-likeness (QED) is 0.106. The van der Waals surface area contributed by atoms with Crippen molar-refractivity contribution < 1.29 is 27.8 Å². The van der Waals surface area contributed by atoms with Gasteiger partial charge in [-0.05, 0) is 92.2 Å². The molecule has 6 N–H and O–H groups in total. The molecule has 0 spiro atoms. The third-order valence-corrected chi connectivity index (χ3v) is 9.40. The van der Waals surface area contributed by atoms with Crippen LogP contribution in [0.4, 0.5) is 20.2 Å². The molecule has 0 aromatic heterocycles. The molecular weight excluding hydrogens is 671 g/mol. The van der Waals surface area contributed by atoms with Crippen LogP contribution in [0.15, 0.2) is 59.7 Å². The summed E-state index contributed by atoms with van der Waals surface area (Å²) in [6, 6.07) is 11.6. The molecule has 2 bridgehead atoms. The third-order valence-electron chi connectivity index (χ3n) is 8.90. The van der Waals surface area contributed by atoms with Crippen LogP contribution in [-0.4, -0.2) is 66.7 Å². The van der Waals surface area contributed by atoms with E-state index in [1.54, 1.807) is 24.3 Å². The van der Waals surface area contributed by atoms with Crippen LogP contribution in [0.5, 0.6) is 0 Å². The lowest BCUT2D eigenvalue weighted by Gasteiger charge is -2.26. The molecule has 0 radical (unpaired) electrons. The number of halogens is 2. The largest absolute Gasteiger partial charge is 0.361 e. The summed E-state index contributed by atoms with van der Waals surface area (Å²) in [6.07, 6.45) is 6.20. The Balaban J connectivity index is 1.16. The SMILES string of the molecule is CCCCCCCC1OC2C3CC(C(C(=O)NCCNC(=S)Nc4ccc(F)cc4)=C3C(=O)NCCNC(=S)Nc3ccc(F)cc3)C2O1. The van der Waals surface area contributed by atoms with Crippen LogP contribution < -0.4 is 31.9 Å². The monoisotopic (exact) mass is 714 g/mol. The molecule has 4 unspecified atom stereocenters. The van der Waals surface area contributed by atoms with E-state index in [0.717, 1.165) is 19.3 Å². The van der Waals surface area contributed by atoms with Gasteiger partial charge < -0.3 is 41.4 Å². The van der Waals surface area contributed by atoms with Crippen LogP contribution in [-0.2, 0) is 19.1 Å². The van der Waals surface area contributed by atoms with Crippen molar-refractivity contribution in [2.75, 3.05) is 36.8 Å². The Morgan fingerprint density at radius 2 is 1.10 bits per heavy atom. The number of thiocarbonyl (C=S) groups is 2. The van der Waals surface area contributed by atoms with Crippen molar-refractivity contribution in [3.05, 3.63) is 71.3 Å². The zero-order chi connectivity index (χ0) is 34.8. The van der Waals surface area contributed by atoms with Crippen LogP contribution in [0.3, 0.4) is 0 Å². The highest BCUT2D eigenvalue weighted by molar-refractivity contribution is 7.80. The number of ether oxygens (including phenoxy) is 2. The summed E-state index contributed by atoms with van der Waals surface area (Å²) in [5.74, 6) is -1.81. The van der Waals surface area contributed by atoms with Gasteiger partial charge in [-0.15, -0.1) is 0 Å². The van der Waals surface area contributed by atoms with Crippen molar-refractivity contribution in [3.63, 3.8) is 0 Å². The number of benzene rings is 2. The van der Waals surface area contributed by atoms with Crippen LogP contribution in [0.1, 0.15) is 51.9 Å². The van der Waals surface area contributed by atoms with E-state index in [-0.39, 0.29) is 66.9 Å². The number of hydrogen-bond acceptors (Lipinski definition) is 6. The molecule has 1 saturated heterocycles. The van der Waals surface area contributed by atoms with Crippen molar-refractivity contribution in [2.45, 2.75) is 70.4 Å². The first-order chi connectivity index (χ1) is 23.7. The van der Waals surface area contributed by atoms with E-state index in [4.69, 9.17) is 33.9 Å². The average Bonchev–Trinajstić information content (AvgIpc) is 3.78. The van der Waals surface area contributed by atoms with E-state index in [9.17, 15) is 18.4 Å². The van der Waals surface area contributed by atoms with E-state index in [1.807, 2.05) is 0 Å². The number of rotatable bonds is 16. The fourth-order valence-corrected chi connectivity index (χ4v) is 7.07. The molecule has 1 aliphatic heterocycles. The first-order valence-electron chi connectivity index (χ1n) is 17.0. The van der Waals surface area contributed by atoms with Gasteiger partial charge in [0.25, 0.3) is 0 Å². The molecule has 49 heavy (non-hydrogen) atoms. The maximum atomic E-state index is 13.7. The molecule has 1 saturated carbocycles. The number of amides is 2. The van der Waals surface area contributed by atoms with Gasteiger partial charge >= 0.3 is 0 Å². The highest BCUT2D eigenvalue weighted by Crippen LogP contribution is 2.54. The highest BCUT2D eigenvalue weighted by Gasteiger charge is 2.60. The van der Waals surface area contributed by atoms with Crippen molar-refractivity contribution in [1.29, 1.82) is 0 Å². The number of hydrogen-bond donors (Lipinski definition) is 6. The standard InChI is InChI=1S/C35H44F2N6O4S2/c1-2-3-4-5-6-7-27-46-30-25-20-26(31(30)47-27)29(33(45)39-17-19-41-35(49)43-24-14-10-22(37)11-15-24)28(25)32(44)38-16-18-40-34(48)42-23-12-8-21(36)9-13-23/h8-15,25-27,30-31H,2-7,16-20H2,1H3,(H,38,44)(H,39,45)(H2,40,42,48)(H2,41,43,49). The Hall–Kier alpha value is -3.72. The summed E-state index contributed by atoms with van der Waals surface area (Å²) in [4.78, 5) is 27.3. The molecule has 4 atom stereocenters. The number of nitrogens with one attached hydrogen (secondary N) is 6. The average molecular weight is 715 g/mol. The van der Waals surface area contributed by atoms with Crippen molar-refractivity contribution in [2.24, 2.45) is 11.8 Å². The third kappa shape index (κ3) is 9.93. The first kappa shape index (κ1) is 36.6. The zero-order valence-electron chi connectivity index (χ0n) is 27.5. The van der Waals surface area contributed by atoms with E-state index in [2.05, 4.69) is 38.8 Å². The second-order valence-corrected chi connectivity index (χ2v) is 13.2. The van der Waals surface area contributed by atoms with Gasteiger partial charge in [0.15, 0.2) is 16.5 Å². The van der Waals surface area contributed by atoms with Crippen molar-refractivity contribution in [3.8, 4) is 0 Å². The fraction of sp³-hybridized carbons (Fsp3) is 0.486. The second-order valence-electron chi connectivity index (χ2n) is 12.4. The zero-order valence-corrected chi connectivity index (χ0v) is 29.1. The topological polar surface area (TPSA) is 125 Å². The van der Waals surface area contributed by atoms with Gasteiger partial charge in [-0.1, -0.05) is 32.6 Å². The Kier molecular flexibility index (Phi) is 13.3. The molecular formula is C35H44F2N6O4S2. The van der Waals surface area contributed by atoms with E-state index in [1.165, 1.54) is 43.5 Å². The first-order valence-corrected chi connectivity index (χ1v) is 17.8. The molecule has 10 nitrogen and oxygen atoms in total. The lowest BCUT2D eigenvalue weighted by molar-refractivity contribution is -0.121. The fourth-order valence-electron chi connectivity index (χ4n) is 6.63. The summed E-state index contributed by atoms with van der Waals surface area (Å²) >= 11 is 10.6. The predicted molar refractivity (Wildman–Crippen MR) is 193 cm³/mol. The van der Waals surface area contributed by atoms with E-state index < -0.39 is 0 Å². The Bertz CT molecular complexity index is 1410. The van der Waals surface area contributed by atoms with Gasteiger partial charge in [0.1, 0.15) is 11.6 Å². The van der Waals surface area contributed by atoms with Crippen LogP contribution in [0, 0.1) is 23.5 Å². The van der Waals surface area contributed by atoms with Gasteiger partial charge in [-0.3, -0.25) is 9.59 Å². The smallest absolute Gasteiger partial charge is 0.248 e. The molecule has 264 valence electrons. The minimum atomic E-state index is -0.342. The molecule has 2 aromatic rings. The molecule has 2 amide bonds. The summed E-state index contributed by atoms with van der Waals surface area (Å²) in [5.41, 5.74) is 2.17. The summed E-state index contributed by atoms with van der Waals surface area (Å²) in [7, 11) is 0. The van der Waals surface area contributed by atoms with Crippen LogP contribution >= 0.6 is 24.4 Å². The second kappa shape index (κ2) is 17.8. The lowest BCUT2D eigenvalue weighted by atomic mass is 9.86. The number of carbonyl (C=O) groups excluding carboxylic acids is 2. The van der Waals surface area contributed by atoms with Crippen LogP contribution in [0.25, 0.3) is 0 Å². The number of fused-ring (bicyclic) bond motifs is 5. The van der Waals surface area contributed by atoms with Crippen LogP contribution in [0.2, 0.25) is 0 Å². The summed E-state index contributed by atoms with van der Waals surface area (Å²) in [5, 5.41) is 18.6. The van der Waals surface area contributed by atoms with Gasteiger partial charge in [0.2, 0.25) is 11.8 Å². The van der Waals surface area contributed by atoms with Gasteiger partial charge in [-0.25, -0.2) is 8.78 Å². The molecule has 1 heterocycles. The molecule has 14 heteroatoms. The number of unbranched alkanes of at least 4 members (excludes halogenated alkanes) is 4. The Morgan fingerprint density at radius 3 is 1.55 bits per heavy atom. The number of anilines is 2. The normalized spacial score (nSPS) is 22.0. The minimum absolute atomic E-state index is 0.249. The van der Waals surface area contributed by atoms with Gasteiger partial charge in [0, 0.05) is 60.5 Å². The lowest BCUT2D eigenvalue weighted by Crippen LogP contribution is -2.43. The maximum Gasteiger partial charge on any atom is 0.248 e. The highest BCUT2D eigenvalue weighted by atomic mass is 32.1. The molecule has 5 rings (SSSR count). The molecule has 3 aliphatic rings. The molecule has 2 aliphatic carbocycles. The maximum absolute atomic E-state index is 13.7. The Labute approximate surface area is 296 Å². The van der Waals surface area contributed by atoms with Gasteiger partial charge in [0.05, 0.1) is 12.2 Å². The summed E-state index contributed by atoms with van der Waals surface area (Å²) in [6.45, 7) is 3.38. The van der Waals surface area contributed by atoms with E-state index >= 15 is 0 Å². The minimum Gasteiger partial charge on any atom is -0.361 e.